The van der Waals surface area contributed by atoms with E-state index in [2.05, 4.69) is 10.3 Å². The summed E-state index contributed by atoms with van der Waals surface area (Å²) in [4.78, 5) is 4.02. The Morgan fingerprint density at radius 3 is 2.47 bits per heavy atom. The standard InChI is InChI=1S/C14H14F2N2O/c1-17-14(12-5-3-10(16)8-18-12)11-7-9(15)4-6-13(11)19-2/h3-8,14,17H,1-2H3. The van der Waals surface area contributed by atoms with Crippen molar-refractivity contribution < 1.29 is 13.5 Å². The van der Waals surface area contributed by atoms with Gasteiger partial charge in [-0.05, 0) is 37.4 Å². The molecule has 0 radical (unpaired) electrons. The second-order valence-electron chi connectivity index (χ2n) is 4.01. The van der Waals surface area contributed by atoms with Crippen LogP contribution in [-0.2, 0) is 0 Å². The van der Waals surface area contributed by atoms with E-state index in [0.29, 0.717) is 17.0 Å². The smallest absolute Gasteiger partial charge is 0.141 e. The Bertz CT molecular complexity index is 558. The van der Waals surface area contributed by atoms with Crippen molar-refractivity contribution in [1.29, 1.82) is 0 Å². The number of hydrogen-bond acceptors (Lipinski definition) is 3. The number of pyridine rings is 1. The number of nitrogens with one attached hydrogen (secondary N) is 1. The van der Waals surface area contributed by atoms with Gasteiger partial charge in [-0.25, -0.2) is 8.78 Å². The second-order valence-corrected chi connectivity index (χ2v) is 4.01. The number of halogens is 2. The van der Waals surface area contributed by atoms with Crippen LogP contribution in [0.1, 0.15) is 17.3 Å². The lowest BCUT2D eigenvalue weighted by atomic mass is 10.0. The third-order valence-electron chi connectivity index (χ3n) is 2.84. The highest BCUT2D eigenvalue weighted by Gasteiger charge is 2.18. The maximum atomic E-state index is 13.4. The van der Waals surface area contributed by atoms with Crippen molar-refractivity contribution in [1.82, 2.24) is 10.3 Å². The van der Waals surface area contributed by atoms with Crippen LogP contribution in [0.5, 0.6) is 5.75 Å². The zero-order valence-corrected chi connectivity index (χ0v) is 10.7. The molecule has 0 aliphatic heterocycles. The second kappa shape index (κ2) is 5.75. The van der Waals surface area contributed by atoms with Gasteiger partial charge >= 0.3 is 0 Å². The molecule has 1 N–H and O–H groups in total. The molecule has 0 spiro atoms. The largest absolute Gasteiger partial charge is 0.496 e. The molecule has 3 nitrogen and oxygen atoms in total. The van der Waals surface area contributed by atoms with Gasteiger partial charge in [-0.2, -0.15) is 0 Å². The molecule has 5 heteroatoms. The quantitative estimate of drug-likeness (QED) is 0.922. The van der Waals surface area contributed by atoms with Crippen LogP contribution in [0.3, 0.4) is 0 Å². The number of ether oxygens (including phenoxy) is 1. The van der Waals surface area contributed by atoms with Crippen molar-refractivity contribution in [2.24, 2.45) is 0 Å². The maximum Gasteiger partial charge on any atom is 0.141 e. The van der Waals surface area contributed by atoms with Gasteiger partial charge in [0, 0.05) is 5.56 Å². The first-order valence-corrected chi connectivity index (χ1v) is 5.78. The van der Waals surface area contributed by atoms with Crippen molar-refractivity contribution in [2.75, 3.05) is 14.2 Å². The van der Waals surface area contributed by atoms with Gasteiger partial charge < -0.3 is 10.1 Å². The number of rotatable bonds is 4. The van der Waals surface area contributed by atoms with Crippen LogP contribution in [0.4, 0.5) is 8.78 Å². The Morgan fingerprint density at radius 1 is 1.16 bits per heavy atom. The summed E-state index contributed by atoms with van der Waals surface area (Å²) in [7, 11) is 3.24. The van der Waals surface area contributed by atoms with Crippen LogP contribution in [-0.4, -0.2) is 19.1 Å². The Morgan fingerprint density at radius 2 is 1.89 bits per heavy atom. The molecule has 1 unspecified atom stereocenters. The van der Waals surface area contributed by atoms with Crippen molar-refractivity contribution >= 4 is 0 Å². The SMILES string of the molecule is CNC(c1ccc(F)cn1)c1cc(F)ccc1OC. The average Bonchev–Trinajstić information content (AvgIpc) is 2.42. The summed E-state index contributed by atoms with van der Waals surface area (Å²) in [6.45, 7) is 0. The molecule has 0 aliphatic rings. The van der Waals surface area contributed by atoms with Gasteiger partial charge in [0.15, 0.2) is 0 Å². The monoisotopic (exact) mass is 264 g/mol. The van der Waals surface area contributed by atoms with Gasteiger partial charge in [-0.1, -0.05) is 0 Å². The molecule has 1 atom stereocenters. The maximum absolute atomic E-state index is 13.4. The topological polar surface area (TPSA) is 34.2 Å². The predicted molar refractivity (Wildman–Crippen MR) is 68.0 cm³/mol. The lowest BCUT2D eigenvalue weighted by Crippen LogP contribution is -2.19. The van der Waals surface area contributed by atoms with Gasteiger partial charge in [0.2, 0.25) is 0 Å². The molecule has 1 aromatic heterocycles. The normalized spacial score (nSPS) is 12.2. The summed E-state index contributed by atoms with van der Waals surface area (Å²) in [5.74, 6) is -0.227. The molecule has 100 valence electrons. The van der Waals surface area contributed by atoms with Gasteiger partial charge in [-0.3, -0.25) is 4.98 Å². The highest BCUT2D eigenvalue weighted by Crippen LogP contribution is 2.29. The molecule has 0 saturated heterocycles. The van der Waals surface area contributed by atoms with E-state index >= 15 is 0 Å². The van der Waals surface area contributed by atoms with E-state index in [1.165, 1.54) is 25.3 Å². The van der Waals surface area contributed by atoms with E-state index in [1.807, 2.05) is 0 Å². The average molecular weight is 264 g/mol. The van der Waals surface area contributed by atoms with Crippen LogP contribution in [0.15, 0.2) is 36.5 Å². The van der Waals surface area contributed by atoms with E-state index in [-0.39, 0.29) is 11.9 Å². The summed E-state index contributed by atoms with van der Waals surface area (Å²) in [5.41, 5.74) is 1.21. The number of benzene rings is 1. The first-order chi connectivity index (χ1) is 9.15. The Labute approximate surface area is 110 Å². The summed E-state index contributed by atoms with van der Waals surface area (Å²) >= 11 is 0. The van der Waals surface area contributed by atoms with E-state index in [0.717, 1.165) is 6.20 Å². The number of methoxy groups -OCH3 is 1. The van der Waals surface area contributed by atoms with E-state index in [4.69, 9.17) is 4.74 Å². The summed E-state index contributed by atoms with van der Waals surface area (Å²) in [6.07, 6.45) is 1.13. The van der Waals surface area contributed by atoms with Crippen molar-refractivity contribution in [3.05, 3.63) is 59.4 Å². The molecule has 1 aromatic carbocycles. The Balaban J connectivity index is 2.47. The molecule has 0 fully saturated rings. The first-order valence-electron chi connectivity index (χ1n) is 5.78. The van der Waals surface area contributed by atoms with Gasteiger partial charge in [-0.15, -0.1) is 0 Å². The van der Waals surface area contributed by atoms with Crippen LogP contribution in [0.2, 0.25) is 0 Å². The molecule has 0 bridgehead atoms. The molecular weight excluding hydrogens is 250 g/mol. The molecular formula is C14H14F2N2O. The summed E-state index contributed by atoms with van der Waals surface area (Å²) < 4.78 is 31.5. The van der Waals surface area contributed by atoms with E-state index in [1.54, 1.807) is 19.2 Å². The summed E-state index contributed by atoms with van der Waals surface area (Å²) in [6, 6.07) is 6.77. The minimum Gasteiger partial charge on any atom is -0.496 e. The van der Waals surface area contributed by atoms with Crippen molar-refractivity contribution in [3.63, 3.8) is 0 Å². The molecule has 0 saturated carbocycles. The van der Waals surface area contributed by atoms with Crippen LogP contribution in [0, 0.1) is 11.6 Å². The third kappa shape index (κ3) is 2.88. The number of hydrogen-bond donors (Lipinski definition) is 1. The number of aromatic nitrogens is 1. The van der Waals surface area contributed by atoms with Crippen LogP contribution in [0.25, 0.3) is 0 Å². The van der Waals surface area contributed by atoms with Crippen molar-refractivity contribution in [3.8, 4) is 5.75 Å². The molecule has 2 rings (SSSR count). The van der Waals surface area contributed by atoms with Gasteiger partial charge in [0.25, 0.3) is 0 Å². The van der Waals surface area contributed by atoms with Gasteiger partial charge in [0.1, 0.15) is 17.4 Å². The molecule has 1 heterocycles. The Hall–Kier alpha value is -2.01. The minimum absolute atomic E-state index is 0.363. The summed E-state index contributed by atoms with van der Waals surface area (Å²) in [5, 5.41) is 3.02. The highest BCUT2D eigenvalue weighted by molar-refractivity contribution is 5.40. The van der Waals surface area contributed by atoms with Gasteiger partial charge in [0.05, 0.1) is 25.0 Å². The molecule has 2 aromatic rings. The lowest BCUT2D eigenvalue weighted by molar-refractivity contribution is 0.403. The molecule has 0 aliphatic carbocycles. The predicted octanol–water partition coefficient (Wildman–Crippen LogP) is 2.68. The zero-order valence-electron chi connectivity index (χ0n) is 10.7. The number of nitrogens with zero attached hydrogens (tertiary/aromatic N) is 1. The zero-order chi connectivity index (χ0) is 13.8. The molecule has 19 heavy (non-hydrogen) atoms. The highest BCUT2D eigenvalue weighted by atomic mass is 19.1. The fourth-order valence-corrected chi connectivity index (χ4v) is 1.95. The minimum atomic E-state index is -0.412. The van der Waals surface area contributed by atoms with E-state index < -0.39 is 5.82 Å². The fraction of sp³-hybridized carbons (Fsp3) is 0.214. The Kier molecular flexibility index (Phi) is 4.06. The van der Waals surface area contributed by atoms with Crippen LogP contribution < -0.4 is 10.1 Å². The van der Waals surface area contributed by atoms with Crippen LogP contribution >= 0.6 is 0 Å². The first kappa shape index (κ1) is 13.4. The molecule has 0 amide bonds. The third-order valence-corrected chi connectivity index (χ3v) is 2.84. The van der Waals surface area contributed by atoms with E-state index in [9.17, 15) is 8.78 Å². The van der Waals surface area contributed by atoms with Crippen molar-refractivity contribution in [2.45, 2.75) is 6.04 Å². The lowest BCUT2D eigenvalue weighted by Gasteiger charge is -2.19. The fourth-order valence-electron chi connectivity index (χ4n) is 1.95.